The maximum atomic E-state index is 12.6. The Balaban J connectivity index is 1.32. The highest BCUT2D eigenvalue weighted by Crippen LogP contribution is 2.70. The Morgan fingerprint density at radius 3 is 2.28 bits per heavy atom. The maximum Gasteiger partial charge on any atom is 0.186 e. The predicted octanol–water partition coefficient (Wildman–Crippen LogP) is 1.59. The van der Waals surface area contributed by atoms with E-state index >= 15 is 0 Å². The van der Waals surface area contributed by atoms with Gasteiger partial charge in [-0.1, -0.05) is 40.5 Å². The second-order valence-electron chi connectivity index (χ2n) is 15.6. The number of ether oxygens (including phenoxy) is 3. The van der Waals surface area contributed by atoms with Gasteiger partial charge in [-0.25, -0.2) is 0 Å². The third kappa shape index (κ3) is 5.63. The number of hydrogen-bond donors (Lipinski definition) is 7. The normalized spacial score (nSPS) is 53.0. The van der Waals surface area contributed by atoms with Crippen LogP contribution in [0.1, 0.15) is 85.5 Å². The summed E-state index contributed by atoms with van der Waals surface area (Å²) in [4.78, 5) is 0. The molecule has 0 spiro atoms. The smallest absolute Gasteiger partial charge is 0.186 e. The largest absolute Gasteiger partial charge is 0.396 e. The summed E-state index contributed by atoms with van der Waals surface area (Å²) in [5, 5.41) is 77.2. The van der Waals surface area contributed by atoms with Gasteiger partial charge in [0.2, 0.25) is 0 Å². The lowest BCUT2D eigenvalue weighted by molar-refractivity contribution is -0.303. The topological polar surface area (TPSA) is 169 Å². The van der Waals surface area contributed by atoms with Crippen molar-refractivity contribution in [3.63, 3.8) is 0 Å². The Morgan fingerprint density at radius 1 is 0.907 bits per heavy atom. The second-order valence-corrected chi connectivity index (χ2v) is 15.6. The first kappa shape index (κ1) is 33.9. The molecule has 1 heterocycles. The Hall–Kier alpha value is -0.400. The third-order valence-electron chi connectivity index (χ3n) is 13.1. The third-order valence-corrected chi connectivity index (χ3v) is 13.1. The highest BCUT2D eigenvalue weighted by Gasteiger charge is 2.72. The molecule has 5 fully saturated rings. The quantitative estimate of drug-likeness (QED) is 0.189. The van der Waals surface area contributed by atoms with Gasteiger partial charge >= 0.3 is 0 Å². The summed E-state index contributed by atoms with van der Waals surface area (Å²) < 4.78 is 17.4. The van der Waals surface area contributed by atoms with E-state index in [0.29, 0.717) is 19.3 Å². The molecule has 0 aromatic rings. The van der Waals surface area contributed by atoms with Crippen LogP contribution in [0.3, 0.4) is 0 Å². The number of rotatable bonds is 9. The molecule has 250 valence electrons. The molecule has 1 aliphatic heterocycles. The van der Waals surface area contributed by atoms with Crippen molar-refractivity contribution in [3.8, 4) is 0 Å². The Labute approximate surface area is 256 Å². The fourth-order valence-electron chi connectivity index (χ4n) is 11.0. The van der Waals surface area contributed by atoms with Gasteiger partial charge in [0.05, 0.1) is 36.6 Å². The van der Waals surface area contributed by atoms with E-state index in [1.165, 1.54) is 7.11 Å². The molecule has 0 bridgehead atoms. The van der Waals surface area contributed by atoms with Crippen LogP contribution in [-0.2, 0) is 14.2 Å². The van der Waals surface area contributed by atoms with Gasteiger partial charge < -0.3 is 50.0 Å². The predicted molar refractivity (Wildman–Crippen MR) is 158 cm³/mol. The SMILES string of the molecule is COC1C(OC2CCC3(C)C(C2)C(O)CC2(O)C3CCC3(C)C(C(C)CCCC(C)CO)C(O)C(O)C32)OCC(O)C1O. The molecule has 4 aliphatic carbocycles. The molecule has 0 aromatic heterocycles. The zero-order valence-corrected chi connectivity index (χ0v) is 26.7. The average molecular weight is 615 g/mol. The monoisotopic (exact) mass is 614 g/mol. The summed E-state index contributed by atoms with van der Waals surface area (Å²) in [6.45, 7) is 8.60. The van der Waals surface area contributed by atoms with Crippen LogP contribution in [0.15, 0.2) is 0 Å². The molecule has 0 aromatic carbocycles. The van der Waals surface area contributed by atoms with E-state index in [1.807, 2.05) is 6.92 Å². The van der Waals surface area contributed by atoms with Crippen LogP contribution in [0, 0.1) is 46.3 Å². The molecule has 17 unspecified atom stereocenters. The van der Waals surface area contributed by atoms with E-state index in [9.17, 15) is 35.7 Å². The van der Waals surface area contributed by atoms with Gasteiger partial charge in [0, 0.05) is 26.1 Å². The van der Waals surface area contributed by atoms with Crippen LogP contribution in [0.5, 0.6) is 0 Å². The summed E-state index contributed by atoms with van der Waals surface area (Å²) in [5.41, 5.74) is -2.15. The van der Waals surface area contributed by atoms with Gasteiger partial charge in [0.1, 0.15) is 18.3 Å². The molecular weight excluding hydrogens is 556 g/mol. The fourth-order valence-corrected chi connectivity index (χ4v) is 11.0. The van der Waals surface area contributed by atoms with Gasteiger partial charge in [0.15, 0.2) is 6.29 Å². The molecule has 5 aliphatic rings. The minimum absolute atomic E-state index is 0.0486. The van der Waals surface area contributed by atoms with E-state index in [0.717, 1.165) is 32.1 Å². The first-order chi connectivity index (χ1) is 20.2. The van der Waals surface area contributed by atoms with Gasteiger partial charge in [0.25, 0.3) is 0 Å². The van der Waals surface area contributed by atoms with Crippen LogP contribution < -0.4 is 0 Å². The average Bonchev–Trinajstić information content (AvgIpc) is 3.16. The molecule has 0 amide bonds. The molecule has 10 heteroatoms. The maximum absolute atomic E-state index is 12.6. The van der Waals surface area contributed by atoms with E-state index < -0.39 is 59.8 Å². The molecular formula is C33H58O10. The molecule has 4 saturated carbocycles. The van der Waals surface area contributed by atoms with Crippen molar-refractivity contribution in [2.45, 2.75) is 140 Å². The number of methoxy groups -OCH3 is 1. The first-order valence-electron chi connectivity index (χ1n) is 16.8. The molecule has 10 nitrogen and oxygen atoms in total. The Kier molecular flexibility index (Phi) is 9.99. The highest BCUT2D eigenvalue weighted by molar-refractivity contribution is 5.21. The summed E-state index contributed by atoms with van der Waals surface area (Å²) in [6.07, 6.45) is -0.449. The summed E-state index contributed by atoms with van der Waals surface area (Å²) in [7, 11) is 1.45. The number of aliphatic hydroxyl groups is 7. The van der Waals surface area contributed by atoms with Crippen molar-refractivity contribution in [1.82, 2.24) is 0 Å². The highest BCUT2D eigenvalue weighted by atomic mass is 16.7. The molecule has 7 N–H and O–H groups in total. The van der Waals surface area contributed by atoms with Gasteiger partial charge in [-0.15, -0.1) is 0 Å². The van der Waals surface area contributed by atoms with E-state index in [-0.39, 0.29) is 60.7 Å². The van der Waals surface area contributed by atoms with E-state index in [4.69, 9.17) is 14.2 Å². The molecule has 5 rings (SSSR count). The molecule has 43 heavy (non-hydrogen) atoms. The van der Waals surface area contributed by atoms with E-state index in [1.54, 1.807) is 0 Å². The molecule has 1 saturated heterocycles. The minimum Gasteiger partial charge on any atom is -0.396 e. The standard InChI is InChI=1S/C33H58O10/c1-17(15-34)7-6-8-18(2)24-26(38)27(39)29-32(24,4)12-10-23-31(3)11-9-19(13-20(31)21(35)14-33(23,29)40)43-30-28(41-5)25(37)22(36)16-42-30/h17-30,34-40H,6-16H2,1-5H3. The zero-order valence-electron chi connectivity index (χ0n) is 26.7. The van der Waals surface area contributed by atoms with Crippen molar-refractivity contribution < 1.29 is 50.0 Å². The lowest BCUT2D eigenvalue weighted by Gasteiger charge is -2.66. The Bertz CT molecular complexity index is 953. The van der Waals surface area contributed by atoms with Crippen LogP contribution in [-0.4, -0.2) is 111 Å². The van der Waals surface area contributed by atoms with Crippen LogP contribution in [0.2, 0.25) is 0 Å². The lowest BCUT2D eigenvalue weighted by atomic mass is 9.42. The minimum atomic E-state index is -1.31. The second kappa shape index (κ2) is 12.7. The summed E-state index contributed by atoms with van der Waals surface area (Å²) in [6, 6.07) is 0. The summed E-state index contributed by atoms with van der Waals surface area (Å²) >= 11 is 0. The van der Waals surface area contributed by atoms with Gasteiger partial charge in [-0.05, 0) is 78.9 Å². The molecule has 0 radical (unpaired) electrons. The van der Waals surface area contributed by atoms with Crippen molar-refractivity contribution in [3.05, 3.63) is 0 Å². The van der Waals surface area contributed by atoms with Crippen molar-refractivity contribution in [2.75, 3.05) is 20.3 Å². The fraction of sp³-hybridized carbons (Fsp3) is 1.00. The van der Waals surface area contributed by atoms with Crippen LogP contribution >= 0.6 is 0 Å². The first-order valence-corrected chi connectivity index (χ1v) is 16.8. The van der Waals surface area contributed by atoms with Crippen molar-refractivity contribution in [1.29, 1.82) is 0 Å². The van der Waals surface area contributed by atoms with Crippen LogP contribution in [0.25, 0.3) is 0 Å². The lowest BCUT2D eigenvalue weighted by Crippen LogP contribution is -2.69. The van der Waals surface area contributed by atoms with Gasteiger partial charge in [-0.3, -0.25) is 0 Å². The number of hydrogen-bond acceptors (Lipinski definition) is 10. The zero-order chi connectivity index (χ0) is 31.5. The van der Waals surface area contributed by atoms with Crippen molar-refractivity contribution in [2.24, 2.45) is 46.3 Å². The van der Waals surface area contributed by atoms with Crippen molar-refractivity contribution >= 4 is 0 Å². The van der Waals surface area contributed by atoms with Crippen LogP contribution in [0.4, 0.5) is 0 Å². The number of aliphatic hydroxyl groups excluding tert-OH is 6. The van der Waals surface area contributed by atoms with Gasteiger partial charge in [-0.2, -0.15) is 0 Å². The Morgan fingerprint density at radius 2 is 1.60 bits per heavy atom. The van der Waals surface area contributed by atoms with E-state index in [2.05, 4.69) is 20.8 Å². The number of fused-ring (bicyclic) bond motifs is 5. The summed E-state index contributed by atoms with van der Waals surface area (Å²) in [5.74, 6) is -0.583. The molecule has 17 atom stereocenters.